The Morgan fingerprint density at radius 3 is 2.47 bits per heavy atom. The smallest absolute Gasteiger partial charge is 0.314 e. The van der Waals surface area contributed by atoms with Crippen LogP contribution in [0.4, 0.5) is 5.69 Å². The molecule has 5 nitrogen and oxygen atoms in total. The number of unbranched alkanes of at least 4 members (excludes halogenated alkanes) is 2. The van der Waals surface area contributed by atoms with Crippen LogP contribution in [0.3, 0.4) is 0 Å². The van der Waals surface area contributed by atoms with Gasteiger partial charge in [0.25, 0.3) is 5.69 Å². The molecule has 1 aromatic carbocycles. The van der Waals surface area contributed by atoms with Gasteiger partial charge in [-0.2, -0.15) is 0 Å². The first-order valence-corrected chi connectivity index (χ1v) is 6.50. The topological polar surface area (TPSA) is 69.4 Å². The van der Waals surface area contributed by atoms with E-state index in [1.54, 1.807) is 0 Å². The number of esters is 1. The molecule has 0 heterocycles. The van der Waals surface area contributed by atoms with Gasteiger partial charge < -0.3 is 4.74 Å². The summed E-state index contributed by atoms with van der Waals surface area (Å²) in [7, 11) is 0. The highest BCUT2D eigenvalue weighted by Crippen LogP contribution is 2.19. The lowest BCUT2D eigenvalue weighted by molar-refractivity contribution is -0.384. The van der Waals surface area contributed by atoms with Crippen molar-refractivity contribution in [3.63, 3.8) is 0 Å². The van der Waals surface area contributed by atoms with Crippen LogP contribution in [0.1, 0.15) is 39.5 Å². The third-order valence-corrected chi connectivity index (χ3v) is 2.91. The van der Waals surface area contributed by atoms with Crippen LogP contribution in [0.25, 0.3) is 0 Å². The third-order valence-electron chi connectivity index (χ3n) is 2.91. The van der Waals surface area contributed by atoms with Crippen LogP contribution >= 0.6 is 0 Å². The third kappa shape index (κ3) is 5.07. The Kier molecular flexibility index (Phi) is 5.99. The molecule has 0 aliphatic heterocycles. The maximum Gasteiger partial charge on any atom is 0.314 e. The van der Waals surface area contributed by atoms with Gasteiger partial charge in [-0.1, -0.05) is 33.1 Å². The molecule has 0 radical (unpaired) electrons. The predicted molar refractivity (Wildman–Crippen MR) is 72.0 cm³/mol. The molecule has 1 aromatic rings. The number of carbonyl (C=O) groups excluding carboxylic acids is 1. The highest BCUT2D eigenvalue weighted by atomic mass is 16.6. The van der Waals surface area contributed by atoms with E-state index in [0.717, 1.165) is 25.7 Å². The van der Waals surface area contributed by atoms with Crippen molar-refractivity contribution in [2.75, 3.05) is 0 Å². The minimum Gasteiger partial charge on any atom is -0.426 e. The molecule has 0 aliphatic carbocycles. The quantitative estimate of drug-likeness (QED) is 0.248. The normalized spacial score (nSPS) is 11.9. The molecule has 1 rings (SSSR count). The zero-order valence-electron chi connectivity index (χ0n) is 11.3. The minimum absolute atomic E-state index is 0.0178. The average molecular weight is 265 g/mol. The summed E-state index contributed by atoms with van der Waals surface area (Å²) in [6.07, 6.45) is 4.03. The summed E-state index contributed by atoms with van der Waals surface area (Å²) >= 11 is 0. The lowest BCUT2D eigenvalue weighted by atomic mass is 10.0. The van der Waals surface area contributed by atoms with Gasteiger partial charge in [0.1, 0.15) is 5.75 Å². The van der Waals surface area contributed by atoms with Crippen molar-refractivity contribution < 1.29 is 14.5 Å². The van der Waals surface area contributed by atoms with Crippen LogP contribution in [-0.2, 0) is 4.79 Å². The van der Waals surface area contributed by atoms with E-state index in [4.69, 9.17) is 4.74 Å². The van der Waals surface area contributed by atoms with Crippen molar-refractivity contribution >= 4 is 11.7 Å². The first-order chi connectivity index (χ1) is 9.04. The van der Waals surface area contributed by atoms with Crippen molar-refractivity contribution in [2.24, 2.45) is 5.92 Å². The van der Waals surface area contributed by atoms with Gasteiger partial charge in [0.2, 0.25) is 0 Å². The number of hydrogen-bond donors (Lipinski definition) is 0. The number of benzene rings is 1. The van der Waals surface area contributed by atoms with Gasteiger partial charge in [-0.3, -0.25) is 14.9 Å². The van der Waals surface area contributed by atoms with Crippen LogP contribution in [-0.4, -0.2) is 10.9 Å². The summed E-state index contributed by atoms with van der Waals surface area (Å²) in [6.45, 7) is 3.95. The first kappa shape index (κ1) is 15.1. The summed E-state index contributed by atoms with van der Waals surface area (Å²) in [5, 5.41) is 10.5. The van der Waals surface area contributed by atoms with Crippen molar-refractivity contribution in [1.82, 2.24) is 0 Å². The first-order valence-electron chi connectivity index (χ1n) is 6.50. The fourth-order valence-electron chi connectivity index (χ4n) is 1.67. The van der Waals surface area contributed by atoms with E-state index < -0.39 is 4.92 Å². The highest BCUT2D eigenvalue weighted by molar-refractivity contribution is 5.74. The Balaban J connectivity index is 2.49. The molecule has 19 heavy (non-hydrogen) atoms. The Bertz CT molecular complexity index is 428. The number of ether oxygens (including phenoxy) is 1. The van der Waals surface area contributed by atoms with Crippen molar-refractivity contribution in [2.45, 2.75) is 39.5 Å². The van der Waals surface area contributed by atoms with Crippen LogP contribution < -0.4 is 4.74 Å². The van der Waals surface area contributed by atoms with Crippen molar-refractivity contribution in [1.29, 1.82) is 0 Å². The van der Waals surface area contributed by atoms with Gasteiger partial charge in [-0.25, -0.2) is 0 Å². The maximum absolute atomic E-state index is 11.8. The molecule has 5 heteroatoms. The SMILES string of the molecule is CCCCCC(C)C(=O)Oc1ccc([N+](=O)[O-])cc1. The molecule has 0 saturated heterocycles. The predicted octanol–water partition coefficient (Wildman–Crippen LogP) is 3.72. The second-order valence-electron chi connectivity index (χ2n) is 4.57. The molecule has 0 aromatic heterocycles. The van der Waals surface area contributed by atoms with Gasteiger partial charge >= 0.3 is 5.97 Å². The zero-order valence-corrected chi connectivity index (χ0v) is 11.3. The fourth-order valence-corrected chi connectivity index (χ4v) is 1.67. The van der Waals surface area contributed by atoms with E-state index in [1.165, 1.54) is 24.3 Å². The molecular weight excluding hydrogens is 246 g/mol. The molecule has 0 bridgehead atoms. The Morgan fingerprint density at radius 2 is 1.95 bits per heavy atom. The number of hydrogen-bond acceptors (Lipinski definition) is 4. The number of nitro groups is 1. The summed E-state index contributed by atoms with van der Waals surface area (Å²) < 4.78 is 5.18. The van der Waals surface area contributed by atoms with Gasteiger partial charge in [-0.15, -0.1) is 0 Å². The summed E-state index contributed by atoms with van der Waals surface area (Å²) in [5.41, 5.74) is -0.0178. The molecule has 0 saturated carbocycles. The number of nitro benzene ring substituents is 1. The fraction of sp³-hybridized carbons (Fsp3) is 0.500. The van der Waals surface area contributed by atoms with Crippen molar-refractivity contribution in [3.05, 3.63) is 34.4 Å². The lowest BCUT2D eigenvalue weighted by Crippen LogP contribution is -2.17. The molecule has 1 atom stereocenters. The van der Waals surface area contributed by atoms with E-state index >= 15 is 0 Å². The van der Waals surface area contributed by atoms with E-state index in [2.05, 4.69) is 6.92 Å². The molecule has 104 valence electrons. The Hall–Kier alpha value is -1.91. The standard InChI is InChI=1S/C14H19NO4/c1-3-4-5-6-11(2)14(16)19-13-9-7-12(8-10-13)15(17)18/h7-11H,3-6H2,1-2H3. The van der Waals surface area contributed by atoms with Crippen LogP contribution in [0.5, 0.6) is 5.75 Å². The Morgan fingerprint density at radius 1 is 1.32 bits per heavy atom. The minimum atomic E-state index is -0.487. The van der Waals surface area contributed by atoms with E-state index in [9.17, 15) is 14.9 Å². The second-order valence-corrected chi connectivity index (χ2v) is 4.57. The van der Waals surface area contributed by atoms with E-state index in [1.807, 2.05) is 6.92 Å². The van der Waals surface area contributed by atoms with Crippen molar-refractivity contribution in [3.8, 4) is 5.75 Å². The largest absolute Gasteiger partial charge is 0.426 e. The zero-order chi connectivity index (χ0) is 14.3. The number of rotatable bonds is 7. The lowest BCUT2D eigenvalue weighted by Gasteiger charge is -2.10. The number of carbonyl (C=O) groups is 1. The summed E-state index contributed by atoms with van der Waals surface area (Å²) in [5.74, 6) is -0.0929. The molecule has 0 N–H and O–H groups in total. The second kappa shape index (κ2) is 7.51. The number of non-ortho nitro benzene ring substituents is 1. The Labute approximate surface area is 112 Å². The highest BCUT2D eigenvalue weighted by Gasteiger charge is 2.15. The van der Waals surface area contributed by atoms with Gasteiger partial charge in [0.15, 0.2) is 0 Å². The number of nitrogens with zero attached hydrogens (tertiary/aromatic N) is 1. The van der Waals surface area contributed by atoms with E-state index in [-0.39, 0.29) is 17.6 Å². The molecule has 0 fully saturated rings. The molecule has 0 amide bonds. The molecule has 0 spiro atoms. The molecule has 0 aliphatic rings. The summed E-state index contributed by atoms with van der Waals surface area (Å²) in [4.78, 5) is 21.8. The van der Waals surface area contributed by atoms with Crippen LogP contribution in [0.2, 0.25) is 0 Å². The van der Waals surface area contributed by atoms with Crippen LogP contribution in [0, 0.1) is 16.0 Å². The summed E-state index contributed by atoms with van der Waals surface area (Å²) in [6, 6.07) is 5.53. The van der Waals surface area contributed by atoms with Crippen LogP contribution in [0.15, 0.2) is 24.3 Å². The molecule has 1 unspecified atom stereocenters. The monoisotopic (exact) mass is 265 g/mol. The van der Waals surface area contributed by atoms with E-state index in [0.29, 0.717) is 5.75 Å². The van der Waals surface area contributed by atoms with Gasteiger partial charge in [0, 0.05) is 12.1 Å². The average Bonchev–Trinajstić information content (AvgIpc) is 2.39. The van der Waals surface area contributed by atoms with Gasteiger partial charge in [-0.05, 0) is 18.6 Å². The molecular formula is C14H19NO4. The van der Waals surface area contributed by atoms with Gasteiger partial charge in [0.05, 0.1) is 10.8 Å². The maximum atomic E-state index is 11.8.